The van der Waals surface area contributed by atoms with E-state index in [9.17, 15) is 9.59 Å². The Morgan fingerprint density at radius 2 is 2.00 bits per heavy atom. The summed E-state index contributed by atoms with van der Waals surface area (Å²) in [4.78, 5) is 32.7. The van der Waals surface area contributed by atoms with Gasteiger partial charge in [-0.2, -0.15) is 4.98 Å². The Kier molecular flexibility index (Phi) is 5.80. The summed E-state index contributed by atoms with van der Waals surface area (Å²) >= 11 is 3.29. The van der Waals surface area contributed by atoms with Crippen molar-refractivity contribution in [3.8, 4) is 11.4 Å². The van der Waals surface area contributed by atoms with Crippen LogP contribution in [-0.4, -0.2) is 25.6 Å². The van der Waals surface area contributed by atoms with Crippen LogP contribution >= 0.6 is 15.9 Å². The van der Waals surface area contributed by atoms with Gasteiger partial charge >= 0.3 is 0 Å². The molecule has 0 aliphatic rings. The maximum atomic E-state index is 12.5. The van der Waals surface area contributed by atoms with Crippen LogP contribution in [0.15, 0.2) is 56.6 Å². The van der Waals surface area contributed by atoms with E-state index in [1.54, 1.807) is 36.8 Å². The van der Waals surface area contributed by atoms with Gasteiger partial charge in [0.2, 0.25) is 17.6 Å². The number of rotatable bonds is 6. The average molecular weight is 432 g/mol. The van der Waals surface area contributed by atoms with Crippen molar-refractivity contribution in [1.29, 1.82) is 0 Å². The van der Waals surface area contributed by atoms with Gasteiger partial charge in [0.05, 0.1) is 0 Å². The van der Waals surface area contributed by atoms with Gasteiger partial charge in [0.15, 0.2) is 0 Å². The summed E-state index contributed by atoms with van der Waals surface area (Å²) in [7, 11) is 0. The molecule has 140 valence electrons. The smallest absolute Gasteiger partial charge is 0.251 e. The van der Waals surface area contributed by atoms with E-state index in [2.05, 4.69) is 36.4 Å². The number of pyridine rings is 2. The van der Waals surface area contributed by atoms with Crippen LogP contribution in [0.5, 0.6) is 0 Å². The fourth-order valence-corrected chi connectivity index (χ4v) is 2.87. The first-order chi connectivity index (χ1) is 12.9. The molecule has 1 unspecified atom stereocenters. The molecule has 3 aromatic rings. The molecule has 3 heterocycles. The molecular formula is C18H18BrN5O3. The van der Waals surface area contributed by atoms with Crippen molar-refractivity contribution in [2.75, 3.05) is 0 Å². The SMILES string of the molecule is CC(C)C(NC(=O)Cn1cc(Br)ccc1=O)c1nc(-c2ccncc2)no1. The van der Waals surface area contributed by atoms with Crippen LogP contribution in [0, 0.1) is 5.92 Å². The quantitative estimate of drug-likeness (QED) is 0.643. The highest BCUT2D eigenvalue weighted by atomic mass is 79.9. The Labute approximate surface area is 163 Å². The highest BCUT2D eigenvalue weighted by Crippen LogP contribution is 2.23. The molecule has 0 aliphatic heterocycles. The van der Waals surface area contributed by atoms with E-state index >= 15 is 0 Å². The second-order valence-electron chi connectivity index (χ2n) is 6.29. The maximum absolute atomic E-state index is 12.5. The Hall–Kier alpha value is -2.81. The van der Waals surface area contributed by atoms with E-state index < -0.39 is 6.04 Å². The first-order valence-corrected chi connectivity index (χ1v) is 9.12. The van der Waals surface area contributed by atoms with Crippen molar-refractivity contribution < 1.29 is 9.32 Å². The normalized spacial score (nSPS) is 12.1. The first-order valence-electron chi connectivity index (χ1n) is 8.33. The maximum Gasteiger partial charge on any atom is 0.251 e. The molecule has 0 spiro atoms. The first kappa shape index (κ1) is 19.0. The number of carbonyl (C=O) groups is 1. The zero-order valence-electron chi connectivity index (χ0n) is 14.8. The van der Waals surface area contributed by atoms with E-state index in [1.165, 1.54) is 10.6 Å². The molecule has 0 radical (unpaired) electrons. The lowest BCUT2D eigenvalue weighted by atomic mass is 10.0. The zero-order chi connectivity index (χ0) is 19.4. The third kappa shape index (κ3) is 4.68. The number of carbonyl (C=O) groups excluding carboxylic acids is 1. The van der Waals surface area contributed by atoms with E-state index in [4.69, 9.17) is 4.52 Å². The summed E-state index contributed by atoms with van der Waals surface area (Å²) < 4.78 is 7.41. The number of nitrogens with zero attached hydrogens (tertiary/aromatic N) is 4. The molecule has 9 heteroatoms. The lowest BCUT2D eigenvalue weighted by Gasteiger charge is -2.18. The van der Waals surface area contributed by atoms with E-state index in [0.717, 1.165) is 5.56 Å². The van der Waals surface area contributed by atoms with Crippen LogP contribution in [-0.2, 0) is 11.3 Å². The van der Waals surface area contributed by atoms with Crippen molar-refractivity contribution in [3.05, 3.63) is 63.6 Å². The van der Waals surface area contributed by atoms with E-state index in [-0.39, 0.29) is 23.9 Å². The summed E-state index contributed by atoms with van der Waals surface area (Å²) in [6.45, 7) is 3.77. The lowest BCUT2D eigenvalue weighted by Crippen LogP contribution is -2.36. The van der Waals surface area contributed by atoms with Crippen LogP contribution < -0.4 is 10.9 Å². The zero-order valence-corrected chi connectivity index (χ0v) is 16.4. The van der Waals surface area contributed by atoms with Crippen LogP contribution in [0.25, 0.3) is 11.4 Å². The number of amides is 1. The number of hydrogen-bond donors (Lipinski definition) is 1. The van der Waals surface area contributed by atoms with Crippen molar-refractivity contribution in [3.63, 3.8) is 0 Å². The highest BCUT2D eigenvalue weighted by molar-refractivity contribution is 9.10. The van der Waals surface area contributed by atoms with Crippen LogP contribution in [0.1, 0.15) is 25.8 Å². The largest absolute Gasteiger partial charge is 0.342 e. The molecule has 1 N–H and O–H groups in total. The molecule has 1 amide bonds. The topological polar surface area (TPSA) is 103 Å². The molecule has 3 aromatic heterocycles. The monoisotopic (exact) mass is 431 g/mol. The Balaban J connectivity index is 1.76. The number of halogens is 1. The Bertz CT molecular complexity index is 984. The molecule has 8 nitrogen and oxygen atoms in total. The van der Waals surface area contributed by atoms with E-state index in [0.29, 0.717) is 16.2 Å². The van der Waals surface area contributed by atoms with Crippen molar-refractivity contribution >= 4 is 21.8 Å². The van der Waals surface area contributed by atoms with Crippen LogP contribution in [0.3, 0.4) is 0 Å². The molecule has 0 aromatic carbocycles. The molecule has 1 atom stereocenters. The predicted octanol–water partition coefficient (Wildman–Crippen LogP) is 2.57. The minimum atomic E-state index is -0.469. The van der Waals surface area contributed by atoms with Crippen molar-refractivity contribution in [2.24, 2.45) is 5.92 Å². The van der Waals surface area contributed by atoms with Gasteiger partial charge in [0.25, 0.3) is 5.56 Å². The fourth-order valence-electron chi connectivity index (χ4n) is 2.49. The minimum Gasteiger partial charge on any atom is -0.342 e. The summed E-state index contributed by atoms with van der Waals surface area (Å²) in [5, 5.41) is 6.85. The van der Waals surface area contributed by atoms with Gasteiger partial charge < -0.3 is 14.4 Å². The van der Waals surface area contributed by atoms with Crippen LogP contribution in [0.2, 0.25) is 0 Å². The molecule has 3 rings (SSSR count). The highest BCUT2D eigenvalue weighted by Gasteiger charge is 2.25. The third-order valence-electron chi connectivity index (χ3n) is 3.89. The number of aromatic nitrogens is 4. The summed E-state index contributed by atoms with van der Waals surface area (Å²) in [6.07, 6.45) is 4.85. The van der Waals surface area contributed by atoms with Crippen molar-refractivity contribution in [1.82, 2.24) is 25.0 Å². The molecule has 0 saturated carbocycles. The Morgan fingerprint density at radius 1 is 1.26 bits per heavy atom. The van der Waals surface area contributed by atoms with Crippen molar-refractivity contribution in [2.45, 2.75) is 26.4 Å². The minimum absolute atomic E-state index is 0.0129. The van der Waals surface area contributed by atoms with Gasteiger partial charge in [-0.05, 0) is 40.0 Å². The summed E-state index contributed by atoms with van der Waals surface area (Å²) in [5.41, 5.74) is 0.515. The predicted molar refractivity (Wildman–Crippen MR) is 102 cm³/mol. The molecular weight excluding hydrogens is 414 g/mol. The van der Waals surface area contributed by atoms with Gasteiger partial charge in [0, 0.05) is 34.7 Å². The Morgan fingerprint density at radius 3 is 2.70 bits per heavy atom. The number of nitrogens with one attached hydrogen (secondary N) is 1. The molecule has 0 fully saturated rings. The van der Waals surface area contributed by atoms with Gasteiger partial charge in [-0.25, -0.2) is 0 Å². The second-order valence-corrected chi connectivity index (χ2v) is 7.21. The molecule has 27 heavy (non-hydrogen) atoms. The molecule has 0 saturated heterocycles. The number of hydrogen-bond acceptors (Lipinski definition) is 6. The van der Waals surface area contributed by atoms with Gasteiger partial charge in [0.1, 0.15) is 12.6 Å². The lowest BCUT2D eigenvalue weighted by molar-refractivity contribution is -0.123. The summed E-state index contributed by atoms with van der Waals surface area (Å²) in [5.74, 6) is 0.429. The second kappa shape index (κ2) is 8.26. The molecule has 0 bridgehead atoms. The van der Waals surface area contributed by atoms with Crippen LogP contribution in [0.4, 0.5) is 0 Å². The van der Waals surface area contributed by atoms with E-state index in [1.807, 2.05) is 13.8 Å². The fraction of sp³-hybridized carbons (Fsp3) is 0.278. The molecule has 0 aliphatic carbocycles. The van der Waals surface area contributed by atoms with Gasteiger partial charge in [-0.3, -0.25) is 14.6 Å². The van der Waals surface area contributed by atoms with Gasteiger partial charge in [-0.1, -0.05) is 19.0 Å². The summed E-state index contributed by atoms with van der Waals surface area (Å²) in [6, 6.07) is 6.11. The third-order valence-corrected chi connectivity index (χ3v) is 4.36. The average Bonchev–Trinajstić information content (AvgIpc) is 3.13. The standard InChI is InChI=1S/C18H18BrN5O3/c1-11(2)16(18-22-17(23-27-18)12-5-7-20-8-6-12)21-14(25)10-24-9-13(19)3-4-15(24)26/h3-9,11,16H,10H2,1-2H3,(H,21,25). The van der Waals surface area contributed by atoms with Gasteiger partial charge in [-0.15, -0.1) is 0 Å².